The van der Waals surface area contributed by atoms with E-state index in [2.05, 4.69) is 124 Å². The fourth-order valence-electron chi connectivity index (χ4n) is 4.48. The van der Waals surface area contributed by atoms with Crippen molar-refractivity contribution in [3.05, 3.63) is 109 Å². The molecule has 6 rings (SSSR count). The predicted octanol–water partition coefficient (Wildman–Crippen LogP) is 5.62. The van der Waals surface area contributed by atoms with Gasteiger partial charge in [-0.1, -0.05) is 48.5 Å². The van der Waals surface area contributed by atoms with Crippen LogP contribution in [0.15, 0.2) is 103 Å². The Morgan fingerprint density at radius 1 is 0.767 bits per heavy atom. The first-order valence-corrected chi connectivity index (χ1v) is 10.3. The van der Waals surface area contributed by atoms with Crippen molar-refractivity contribution in [2.24, 2.45) is 0 Å². The summed E-state index contributed by atoms with van der Waals surface area (Å²) in [6.45, 7) is 0.893. The van der Waals surface area contributed by atoms with E-state index in [1.165, 1.54) is 44.2 Å². The summed E-state index contributed by atoms with van der Waals surface area (Å²) in [5, 5.41) is 2.49. The normalized spacial score (nSPS) is 11.6. The SMILES string of the molecule is CN(Cc1ccccc1)c1ccc2c(ccc3n4c(ccc5ccccc54)c[n+]23)c1. The maximum absolute atomic E-state index is 2.34. The third-order valence-electron chi connectivity index (χ3n) is 5.99. The lowest BCUT2D eigenvalue weighted by Gasteiger charge is -2.19. The summed E-state index contributed by atoms with van der Waals surface area (Å²) in [4.78, 5) is 2.30. The molecule has 0 fully saturated rings. The molecule has 0 spiro atoms. The standard InChI is InChI=1S/C27H22N3/c1-28(18-20-7-3-2-4-8-20)23-14-15-25-22(17-23)12-16-27-29(25)19-24-13-11-21-9-5-6-10-26(21)30(24)27/h2-17,19H,18H2,1H3/q+1. The number of pyridine rings is 2. The molecular weight excluding hydrogens is 366 g/mol. The van der Waals surface area contributed by atoms with Gasteiger partial charge in [-0.15, -0.1) is 0 Å². The van der Waals surface area contributed by atoms with Crippen LogP contribution in [0, 0.1) is 0 Å². The maximum atomic E-state index is 2.34. The van der Waals surface area contributed by atoms with E-state index in [1.54, 1.807) is 0 Å². The van der Waals surface area contributed by atoms with Crippen molar-refractivity contribution in [2.75, 3.05) is 11.9 Å². The number of imidazole rings is 1. The van der Waals surface area contributed by atoms with Gasteiger partial charge in [-0.05, 0) is 48.0 Å². The number of hydrogen-bond acceptors (Lipinski definition) is 1. The van der Waals surface area contributed by atoms with Crippen molar-refractivity contribution in [2.45, 2.75) is 6.54 Å². The number of benzene rings is 3. The number of para-hydroxylation sites is 1. The van der Waals surface area contributed by atoms with Gasteiger partial charge in [0.1, 0.15) is 17.2 Å². The van der Waals surface area contributed by atoms with E-state index in [4.69, 9.17) is 0 Å². The van der Waals surface area contributed by atoms with E-state index in [9.17, 15) is 0 Å². The summed E-state index contributed by atoms with van der Waals surface area (Å²) >= 11 is 0. The molecule has 0 saturated carbocycles. The van der Waals surface area contributed by atoms with Crippen LogP contribution in [0.4, 0.5) is 5.69 Å². The first-order valence-electron chi connectivity index (χ1n) is 10.3. The van der Waals surface area contributed by atoms with E-state index in [0.717, 1.165) is 6.54 Å². The minimum Gasteiger partial charge on any atom is -0.370 e. The van der Waals surface area contributed by atoms with Crippen molar-refractivity contribution >= 4 is 38.7 Å². The first kappa shape index (κ1) is 17.0. The lowest BCUT2D eigenvalue weighted by Crippen LogP contribution is -2.21. The van der Waals surface area contributed by atoms with E-state index in [1.807, 2.05) is 0 Å². The van der Waals surface area contributed by atoms with Crippen molar-refractivity contribution in [1.29, 1.82) is 0 Å². The monoisotopic (exact) mass is 388 g/mol. The zero-order valence-electron chi connectivity index (χ0n) is 16.9. The van der Waals surface area contributed by atoms with Crippen LogP contribution in [-0.4, -0.2) is 11.4 Å². The number of aromatic nitrogens is 2. The van der Waals surface area contributed by atoms with Crippen molar-refractivity contribution in [1.82, 2.24) is 4.40 Å². The summed E-state index contributed by atoms with van der Waals surface area (Å²) in [6.07, 6.45) is 2.23. The Kier molecular flexibility index (Phi) is 3.75. The summed E-state index contributed by atoms with van der Waals surface area (Å²) in [6, 6.07) is 34.8. The second-order valence-electron chi connectivity index (χ2n) is 7.93. The molecule has 3 heterocycles. The highest BCUT2D eigenvalue weighted by Gasteiger charge is 2.17. The first-order chi connectivity index (χ1) is 14.8. The number of anilines is 1. The minimum absolute atomic E-state index is 0.893. The topological polar surface area (TPSA) is 11.8 Å². The van der Waals surface area contributed by atoms with Crippen molar-refractivity contribution < 1.29 is 4.40 Å². The molecule has 0 aliphatic carbocycles. The number of rotatable bonds is 3. The molecule has 3 heteroatoms. The zero-order chi connectivity index (χ0) is 20.1. The van der Waals surface area contributed by atoms with Gasteiger partial charge >= 0.3 is 0 Å². The van der Waals surface area contributed by atoms with Crippen molar-refractivity contribution in [3.8, 4) is 0 Å². The van der Waals surface area contributed by atoms with Crippen LogP contribution in [-0.2, 0) is 6.54 Å². The Hall–Kier alpha value is -3.85. The molecule has 3 nitrogen and oxygen atoms in total. The molecular formula is C27H22N3+. The third kappa shape index (κ3) is 2.63. The van der Waals surface area contributed by atoms with Gasteiger partial charge < -0.3 is 4.90 Å². The molecule has 0 unspecified atom stereocenters. The Morgan fingerprint density at radius 3 is 2.47 bits per heavy atom. The lowest BCUT2D eigenvalue weighted by atomic mass is 10.1. The third-order valence-corrected chi connectivity index (χ3v) is 5.99. The van der Waals surface area contributed by atoms with Gasteiger partial charge in [0.15, 0.2) is 5.52 Å². The minimum atomic E-state index is 0.893. The Balaban J connectivity index is 1.50. The molecule has 30 heavy (non-hydrogen) atoms. The molecule has 6 aromatic rings. The smallest absolute Gasteiger partial charge is 0.292 e. The van der Waals surface area contributed by atoms with Crippen LogP contribution in [0.2, 0.25) is 0 Å². The molecule has 0 bridgehead atoms. The number of nitrogens with zero attached hydrogens (tertiary/aromatic N) is 3. The molecule has 0 aliphatic rings. The molecule has 144 valence electrons. The molecule has 0 N–H and O–H groups in total. The van der Waals surface area contributed by atoms with E-state index in [-0.39, 0.29) is 0 Å². The van der Waals surface area contributed by atoms with Crippen LogP contribution in [0.25, 0.3) is 33.0 Å². The highest BCUT2D eigenvalue weighted by molar-refractivity contribution is 5.86. The highest BCUT2D eigenvalue weighted by atomic mass is 15.1. The molecule has 0 saturated heterocycles. The molecule has 0 radical (unpaired) electrons. The predicted molar refractivity (Wildman–Crippen MR) is 124 cm³/mol. The van der Waals surface area contributed by atoms with E-state index >= 15 is 0 Å². The molecule has 3 aromatic heterocycles. The van der Waals surface area contributed by atoms with Crippen LogP contribution >= 0.6 is 0 Å². The second-order valence-corrected chi connectivity index (χ2v) is 7.93. The molecule has 0 aliphatic heterocycles. The average molecular weight is 388 g/mol. The second kappa shape index (κ2) is 6.60. The molecule has 3 aromatic carbocycles. The van der Waals surface area contributed by atoms with Gasteiger partial charge in [0, 0.05) is 36.1 Å². The number of fused-ring (bicyclic) bond motifs is 7. The van der Waals surface area contributed by atoms with E-state index < -0.39 is 0 Å². The molecule has 0 amide bonds. The van der Waals surface area contributed by atoms with Gasteiger partial charge in [-0.3, -0.25) is 0 Å². The van der Waals surface area contributed by atoms with E-state index in [0.29, 0.717) is 0 Å². The van der Waals surface area contributed by atoms with Gasteiger partial charge in [-0.25, -0.2) is 0 Å². The largest absolute Gasteiger partial charge is 0.370 e. The Morgan fingerprint density at radius 2 is 1.57 bits per heavy atom. The Bertz CT molecular complexity index is 1530. The lowest BCUT2D eigenvalue weighted by molar-refractivity contribution is -0.479. The zero-order valence-corrected chi connectivity index (χ0v) is 16.9. The van der Waals surface area contributed by atoms with Crippen LogP contribution < -0.4 is 9.30 Å². The van der Waals surface area contributed by atoms with Crippen LogP contribution in [0.5, 0.6) is 0 Å². The molecule has 0 atom stereocenters. The quantitative estimate of drug-likeness (QED) is 0.358. The highest BCUT2D eigenvalue weighted by Crippen LogP contribution is 2.24. The summed E-state index contributed by atoms with van der Waals surface area (Å²) in [5.41, 5.74) is 7.37. The van der Waals surface area contributed by atoms with Gasteiger partial charge in [-0.2, -0.15) is 8.80 Å². The van der Waals surface area contributed by atoms with Crippen LogP contribution in [0.1, 0.15) is 5.56 Å². The fourth-order valence-corrected chi connectivity index (χ4v) is 4.48. The van der Waals surface area contributed by atoms with Crippen molar-refractivity contribution in [3.63, 3.8) is 0 Å². The average Bonchev–Trinajstić information content (AvgIpc) is 3.19. The number of hydrogen-bond donors (Lipinski definition) is 0. The van der Waals surface area contributed by atoms with Gasteiger partial charge in [0.2, 0.25) is 0 Å². The summed E-state index contributed by atoms with van der Waals surface area (Å²) in [7, 11) is 2.15. The summed E-state index contributed by atoms with van der Waals surface area (Å²) < 4.78 is 4.64. The Labute approximate surface area is 175 Å². The van der Waals surface area contributed by atoms with Crippen LogP contribution in [0.3, 0.4) is 0 Å². The van der Waals surface area contributed by atoms with Gasteiger partial charge in [0.25, 0.3) is 5.65 Å². The fraction of sp³-hybridized carbons (Fsp3) is 0.0741. The van der Waals surface area contributed by atoms with Gasteiger partial charge in [0.05, 0.1) is 0 Å². The summed E-state index contributed by atoms with van der Waals surface area (Å²) in [5.74, 6) is 0. The maximum Gasteiger partial charge on any atom is 0.292 e.